The number of rotatable bonds is 7. The minimum atomic E-state index is -0.549. The average molecular weight is 794 g/mol. The number of fused-ring (bicyclic) bond motifs is 8. The summed E-state index contributed by atoms with van der Waals surface area (Å²) >= 11 is 0. The predicted octanol–water partition coefficient (Wildman–Crippen LogP) is 15.9. The number of hydrogen-bond donors (Lipinski definition) is 0. The van der Waals surface area contributed by atoms with Crippen molar-refractivity contribution in [2.75, 3.05) is 4.90 Å². The summed E-state index contributed by atoms with van der Waals surface area (Å²) in [6.07, 6.45) is 0. The van der Waals surface area contributed by atoms with E-state index in [4.69, 9.17) is 4.42 Å². The number of anilines is 3. The van der Waals surface area contributed by atoms with E-state index in [2.05, 4.69) is 243 Å². The molecule has 294 valence electrons. The van der Waals surface area contributed by atoms with Crippen LogP contribution in [0.3, 0.4) is 0 Å². The van der Waals surface area contributed by atoms with Crippen LogP contribution in [0.25, 0.3) is 55.7 Å². The van der Waals surface area contributed by atoms with Crippen LogP contribution in [0.4, 0.5) is 17.1 Å². The molecule has 0 spiro atoms. The molecule has 0 bridgehead atoms. The lowest BCUT2D eigenvalue weighted by Gasteiger charge is -2.33. The molecule has 0 saturated carbocycles. The Hall–Kier alpha value is -7.68. The Bertz CT molecular complexity index is 3250. The highest BCUT2D eigenvalue weighted by Crippen LogP contribution is 2.61. The summed E-state index contributed by atoms with van der Waals surface area (Å²) in [5.41, 5.74) is 19.8. The molecule has 0 amide bonds. The SMILES string of the molecule is CC1(C)c2ccccc2-c2ccc(N(c3ccccc3)c3ccc(-c4ccc(-c5cccc6c5-c5oc7ccccc7c5C6(c5ccccc5)c5ccccc5)cc4)cc3)cc21. The maximum absolute atomic E-state index is 6.93. The molecule has 0 N–H and O–H groups in total. The molecule has 12 rings (SSSR count). The van der Waals surface area contributed by atoms with E-state index in [1.165, 1.54) is 55.6 Å². The molecule has 10 aromatic rings. The van der Waals surface area contributed by atoms with Crippen molar-refractivity contribution in [2.24, 2.45) is 0 Å². The van der Waals surface area contributed by atoms with Gasteiger partial charge in [-0.3, -0.25) is 0 Å². The second-order valence-electron chi connectivity index (χ2n) is 17.2. The summed E-state index contributed by atoms with van der Waals surface area (Å²) in [7, 11) is 0. The number of hydrogen-bond acceptors (Lipinski definition) is 2. The highest BCUT2D eigenvalue weighted by Gasteiger charge is 2.50. The molecule has 0 radical (unpaired) electrons. The van der Waals surface area contributed by atoms with E-state index >= 15 is 0 Å². The van der Waals surface area contributed by atoms with Gasteiger partial charge in [0.05, 0.1) is 5.41 Å². The van der Waals surface area contributed by atoms with Crippen LogP contribution in [-0.4, -0.2) is 0 Å². The van der Waals surface area contributed by atoms with Gasteiger partial charge in [-0.25, -0.2) is 0 Å². The van der Waals surface area contributed by atoms with Crippen molar-refractivity contribution in [1.82, 2.24) is 0 Å². The summed E-state index contributed by atoms with van der Waals surface area (Å²) in [5.74, 6) is 0.948. The monoisotopic (exact) mass is 793 g/mol. The lowest BCUT2D eigenvalue weighted by atomic mass is 9.67. The molecule has 0 saturated heterocycles. The first-order chi connectivity index (χ1) is 30.5. The van der Waals surface area contributed by atoms with Crippen LogP contribution in [0, 0.1) is 0 Å². The molecule has 0 aliphatic heterocycles. The van der Waals surface area contributed by atoms with E-state index in [0.29, 0.717) is 0 Å². The zero-order chi connectivity index (χ0) is 41.4. The van der Waals surface area contributed by atoms with E-state index in [0.717, 1.165) is 50.5 Å². The maximum Gasteiger partial charge on any atom is 0.141 e. The first kappa shape index (κ1) is 36.2. The number of benzene rings is 9. The number of para-hydroxylation sites is 2. The van der Waals surface area contributed by atoms with Crippen molar-refractivity contribution < 1.29 is 4.42 Å². The summed E-state index contributed by atoms with van der Waals surface area (Å²) in [6, 6.07) is 81.8. The minimum Gasteiger partial charge on any atom is -0.456 e. The minimum absolute atomic E-state index is 0.0819. The van der Waals surface area contributed by atoms with Gasteiger partial charge in [0.2, 0.25) is 0 Å². The van der Waals surface area contributed by atoms with Crippen LogP contribution in [0.2, 0.25) is 0 Å². The standard InChI is InChI=1S/C60H43NO/c1-59(2)52-26-14-12-23-49(52)50-38-37-47(39-54(50)59)61(45-21-10-5-11-22-45)46-35-33-41(34-36-46)40-29-31-42(32-30-40)48-25-16-27-53-56(48)58-57(51-24-13-15-28-55(51)62-58)60(53,43-17-6-3-7-18-43)44-19-8-4-9-20-44/h3-39H,1-2H3. The Labute approximate surface area is 363 Å². The molecule has 0 atom stereocenters. The van der Waals surface area contributed by atoms with Crippen molar-refractivity contribution in [3.63, 3.8) is 0 Å². The maximum atomic E-state index is 6.93. The van der Waals surface area contributed by atoms with Gasteiger partial charge in [0, 0.05) is 39.0 Å². The van der Waals surface area contributed by atoms with Crippen molar-refractivity contribution in [3.8, 4) is 44.7 Å². The lowest BCUT2D eigenvalue weighted by molar-refractivity contribution is 0.628. The third-order valence-electron chi connectivity index (χ3n) is 13.6. The van der Waals surface area contributed by atoms with Gasteiger partial charge in [-0.15, -0.1) is 0 Å². The molecule has 2 aliphatic carbocycles. The fourth-order valence-electron chi connectivity index (χ4n) is 10.7. The van der Waals surface area contributed by atoms with Gasteiger partial charge in [-0.05, 0) is 104 Å². The zero-order valence-corrected chi connectivity index (χ0v) is 34.7. The molecular formula is C60H43NO. The Balaban J connectivity index is 0.934. The Kier molecular flexibility index (Phi) is 8.14. The van der Waals surface area contributed by atoms with Crippen molar-refractivity contribution in [3.05, 3.63) is 258 Å². The molecular weight excluding hydrogens is 751 g/mol. The third-order valence-corrected chi connectivity index (χ3v) is 13.6. The van der Waals surface area contributed by atoms with Gasteiger partial charge >= 0.3 is 0 Å². The topological polar surface area (TPSA) is 16.4 Å². The second kappa shape index (κ2) is 13.9. The lowest BCUT2D eigenvalue weighted by Crippen LogP contribution is -2.28. The van der Waals surface area contributed by atoms with Crippen LogP contribution in [0.15, 0.2) is 229 Å². The molecule has 1 aromatic heterocycles. The van der Waals surface area contributed by atoms with Gasteiger partial charge in [0.25, 0.3) is 0 Å². The average Bonchev–Trinajstić information content (AvgIpc) is 3.94. The van der Waals surface area contributed by atoms with E-state index in [1.807, 2.05) is 0 Å². The van der Waals surface area contributed by atoms with Crippen LogP contribution >= 0.6 is 0 Å². The fourth-order valence-corrected chi connectivity index (χ4v) is 10.7. The van der Waals surface area contributed by atoms with Gasteiger partial charge in [-0.2, -0.15) is 0 Å². The van der Waals surface area contributed by atoms with Gasteiger partial charge < -0.3 is 9.32 Å². The molecule has 2 nitrogen and oxygen atoms in total. The third kappa shape index (κ3) is 5.29. The first-order valence-electron chi connectivity index (χ1n) is 21.6. The molecule has 2 aliphatic rings. The van der Waals surface area contributed by atoms with Crippen molar-refractivity contribution in [2.45, 2.75) is 24.7 Å². The molecule has 9 aromatic carbocycles. The molecule has 0 fully saturated rings. The van der Waals surface area contributed by atoms with Crippen molar-refractivity contribution in [1.29, 1.82) is 0 Å². The number of nitrogens with zero attached hydrogens (tertiary/aromatic N) is 1. The van der Waals surface area contributed by atoms with E-state index < -0.39 is 5.41 Å². The van der Waals surface area contributed by atoms with E-state index in [1.54, 1.807) is 0 Å². The number of furan rings is 1. The van der Waals surface area contributed by atoms with Gasteiger partial charge in [-0.1, -0.05) is 196 Å². The van der Waals surface area contributed by atoms with Gasteiger partial charge in [0.1, 0.15) is 11.3 Å². The normalized spacial score (nSPS) is 13.9. The van der Waals surface area contributed by atoms with Gasteiger partial charge in [0.15, 0.2) is 0 Å². The Morgan fingerprint density at radius 1 is 0.387 bits per heavy atom. The van der Waals surface area contributed by atoms with E-state index in [-0.39, 0.29) is 5.41 Å². The zero-order valence-electron chi connectivity index (χ0n) is 34.7. The Morgan fingerprint density at radius 2 is 0.903 bits per heavy atom. The highest BCUT2D eigenvalue weighted by atomic mass is 16.3. The summed E-state index contributed by atoms with van der Waals surface area (Å²) in [4.78, 5) is 2.37. The van der Waals surface area contributed by atoms with Crippen LogP contribution in [0.5, 0.6) is 0 Å². The quantitative estimate of drug-likeness (QED) is 0.160. The Morgan fingerprint density at radius 3 is 1.61 bits per heavy atom. The van der Waals surface area contributed by atoms with E-state index in [9.17, 15) is 0 Å². The molecule has 2 heteroatoms. The summed E-state index contributed by atoms with van der Waals surface area (Å²) < 4.78 is 6.93. The second-order valence-corrected chi connectivity index (χ2v) is 17.2. The van der Waals surface area contributed by atoms with Crippen LogP contribution in [-0.2, 0) is 10.8 Å². The smallest absolute Gasteiger partial charge is 0.141 e. The summed E-state index contributed by atoms with van der Waals surface area (Å²) in [6.45, 7) is 4.69. The largest absolute Gasteiger partial charge is 0.456 e. The molecule has 62 heavy (non-hydrogen) atoms. The molecule has 1 heterocycles. The molecule has 0 unspecified atom stereocenters. The highest BCUT2D eigenvalue weighted by molar-refractivity contribution is 6.02. The predicted molar refractivity (Wildman–Crippen MR) is 257 cm³/mol. The van der Waals surface area contributed by atoms with Crippen LogP contribution < -0.4 is 4.90 Å². The fraction of sp³-hybridized carbons (Fsp3) is 0.0667. The summed E-state index contributed by atoms with van der Waals surface area (Å²) in [5, 5.41) is 1.15. The van der Waals surface area contributed by atoms with Crippen LogP contribution in [0.1, 0.15) is 47.2 Å². The van der Waals surface area contributed by atoms with Crippen molar-refractivity contribution >= 4 is 28.0 Å². The first-order valence-corrected chi connectivity index (χ1v) is 21.6.